The first-order valence-corrected chi connectivity index (χ1v) is 9.23. The van der Waals surface area contributed by atoms with Crippen LogP contribution in [0.3, 0.4) is 0 Å². The van der Waals surface area contributed by atoms with Gasteiger partial charge in [0, 0.05) is 44.2 Å². The van der Waals surface area contributed by atoms with Crippen molar-refractivity contribution in [3.63, 3.8) is 0 Å². The number of nitrogens with two attached hydrogens (primary N) is 1. The number of β-amino-alcohol motifs (C(OH)–C–C–N with tert-alkyl or cyclic N) is 1. The fourth-order valence-corrected chi connectivity index (χ4v) is 3.14. The normalized spacial score (nSPS) is 16.7. The molecule has 0 spiro atoms. The Morgan fingerprint density at radius 3 is 2.70 bits per heavy atom. The van der Waals surface area contributed by atoms with Crippen LogP contribution < -0.4 is 11.1 Å². The zero-order valence-corrected chi connectivity index (χ0v) is 14.6. The van der Waals surface area contributed by atoms with Crippen molar-refractivity contribution in [2.45, 2.75) is 4.90 Å². The van der Waals surface area contributed by atoms with Gasteiger partial charge in [0.2, 0.25) is 0 Å². The van der Waals surface area contributed by atoms with Gasteiger partial charge < -0.3 is 21.1 Å². The number of piperazine rings is 1. The third-order valence-electron chi connectivity index (χ3n) is 3.83. The van der Waals surface area contributed by atoms with Gasteiger partial charge in [-0.15, -0.1) is 11.8 Å². The molecule has 1 aliphatic rings. The van der Waals surface area contributed by atoms with Crippen molar-refractivity contribution < 1.29 is 5.11 Å². The quantitative estimate of drug-likeness (QED) is 0.404. The van der Waals surface area contributed by atoms with Gasteiger partial charge in [0.25, 0.3) is 0 Å². The summed E-state index contributed by atoms with van der Waals surface area (Å²) in [6.07, 6.45) is 2.07. The van der Waals surface area contributed by atoms with E-state index >= 15 is 0 Å². The molecule has 1 fully saturated rings. The summed E-state index contributed by atoms with van der Waals surface area (Å²) in [7, 11) is 0. The number of anilines is 1. The highest BCUT2D eigenvalue weighted by atomic mass is 32.2. The van der Waals surface area contributed by atoms with Gasteiger partial charge >= 0.3 is 0 Å². The van der Waals surface area contributed by atoms with Gasteiger partial charge in [-0.3, -0.25) is 9.89 Å². The molecular weight excluding hydrogens is 310 g/mol. The van der Waals surface area contributed by atoms with Gasteiger partial charge in [0.15, 0.2) is 5.96 Å². The fraction of sp³-hybridized carbons (Fsp3) is 0.562. The first-order chi connectivity index (χ1) is 11.3. The monoisotopic (exact) mass is 337 g/mol. The number of nitrogens with zero attached hydrogens (tertiary/aromatic N) is 3. The lowest BCUT2D eigenvalue weighted by Crippen LogP contribution is -2.51. The first kappa shape index (κ1) is 18.1. The molecule has 6 nitrogen and oxygen atoms in total. The zero-order chi connectivity index (χ0) is 16.5. The Kier molecular flexibility index (Phi) is 7.67. The number of hydrogen-bond acceptors (Lipinski definition) is 5. The van der Waals surface area contributed by atoms with Crippen molar-refractivity contribution in [1.82, 2.24) is 9.80 Å². The van der Waals surface area contributed by atoms with Crippen LogP contribution in [0, 0.1) is 0 Å². The van der Waals surface area contributed by atoms with Crippen LogP contribution in [0.1, 0.15) is 0 Å². The predicted molar refractivity (Wildman–Crippen MR) is 98.3 cm³/mol. The average molecular weight is 337 g/mol. The van der Waals surface area contributed by atoms with Crippen molar-refractivity contribution in [2.24, 2.45) is 10.7 Å². The van der Waals surface area contributed by atoms with E-state index in [9.17, 15) is 0 Å². The van der Waals surface area contributed by atoms with Crippen LogP contribution in [0.25, 0.3) is 0 Å². The summed E-state index contributed by atoms with van der Waals surface area (Å²) in [4.78, 5) is 10.4. The minimum Gasteiger partial charge on any atom is -0.395 e. The maximum Gasteiger partial charge on any atom is 0.198 e. The van der Waals surface area contributed by atoms with Crippen LogP contribution in [0.5, 0.6) is 0 Å². The van der Waals surface area contributed by atoms with E-state index in [-0.39, 0.29) is 6.61 Å². The molecule has 0 saturated carbocycles. The van der Waals surface area contributed by atoms with Gasteiger partial charge in [0.05, 0.1) is 18.8 Å². The van der Waals surface area contributed by atoms with Crippen LogP contribution in [0.2, 0.25) is 0 Å². The largest absolute Gasteiger partial charge is 0.395 e. The van der Waals surface area contributed by atoms with E-state index in [0.29, 0.717) is 13.1 Å². The van der Waals surface area contributed by atoms with E-state index < -0.39 is 0 Å². The molecule has 1 saturated heterocycles. The van der Waals surface area contributed by atoms with Gasteiger partial charge in [-0.2, -0.15) is 0 Å². The third kappa shape index (κ3) is 5.39. The Balaban J connectivity index is 2.06. The molecule has 2 rings (SSSR count). The molecule has 0 amide bonds. The van der Waals surface area contributed by atoms with Crippen LogP contribution in [-0.2, 0) is 0 Å². The second-order valence-electron chi connectivity index (χ2n) is 5.37. The van der Waals surface area contributed by atoms with Crippen molar-refractivity contribution in [3.8, 4) is 0 Å². The molecule has 1 aromatic rings. The molecule has 1 aromatic carbocycles. The molecule has 128 valence electrons. The van der Waals surface area contributed by atoms with Crippen molar-refractivity contribution in [3.05, 3.63) is 24.3 Å². The Bertz CT molecular complexity index is 503. The highest BCUT2D eigenvalue weighted by Crippen LogP contribution is 2.25. The van der Waals surface area contributed by atoms with Crippen molar-refractivity contribution >= 4 is 23.4 Å². The third-order valence-corrected chi connectivity index (χ3v) is 4.63. The maximum absolute atomic E-state index is 9.05. The molecule has 1 heterocycles. The number of aliphatic hydroxyl groups excluding tert-OH is 1. The number of benzene rings is 1. The number of guanidine groups is 1. The Morgan fingerprint density at radius 2 is 2.04 bits per heavy atom. The van der Waals surface area contributed by atoms with E-state index in [2.05, 4.69) is 38.5 Å². The summed E-state index contributed by atoms with van der Waals surface area (Å²) >= 11 is 1.72. The highest BCUT2D eigenvalue weighted by Gasteiger charge is 2.20. The molecule has 0 aliphatic carbocycles. The van der Waals surface area contributed by atoms with Crippen LogP contribution in [-0.4, -0.2) is 79.5 Å². The van der Waals surface area contributed by atoms with Gasteiger partial charge in [0.1, 0.15) is 0 Å². The average Bonchev–Trinajstić information content (AvgIpc) is 2.60. The number of nitrogens with one attached hydrogen (secondary N) is 1. The molecule has 0 radical (unpaired) electrons. The Hall–Kier alpha value is -1.28. The molecule has 7 heteroatoms. The zero-order valence-electron chi connectivity index (χ0n) is 13.7. The van der Waals surface area contributed by atoms with Gasteiger partial charge in [-0.25, -0.2) is 0 Å². The smallest absolute Gasteiger partial charge is 0.198 e. The summed E-state index contributed by atoms with van der Waals surface area (Å²) in [6, 6.07) is 8.25. The summed E-state index contributed by atoms with van der Waals surface area (Å²) < 4.78 is 0. The SMILES string of the molecule is CSc1ccccc1NC(=NCCN)N1CCN(CCO)CC1. The lowest BCUT2D eigenvalue weighted by atomic mass is 10.3. The van der Waals surface area contributed by atoms with E-state index in [1.54, 1.807) is 11.8 Å². The van der Waals surface area contributed by atoms with E-state index in [1.165, 1.54) is 4.90 Å². The first-order valence-electron chi connectivity index (χ1n) is 8.01. The number of hydrogen-bond donors (Lipinski definition) is 3. The molecule has 23 heavy (non-hydrogen) atoms. The van der Waals surface area contributed by atoms with Crippen molar-refractivity contribution in [2.75, 3.05) is 64.0 Å². The van der Waals surface area contributed by atoms with Crippen LogP contribution in [0.4, 0.5) is 5.69 Å². The number of aliphatic hydroxyl groups is 1. The standard InChI is InChI=1S/C16H27N5OS/c1-23-15-5-3-2-4-14(15)19-16(18-7-6-17)21-10-8-20(9-11-21)12-13-22/h2-5,22H,6-13,17H2,1H3,(H,18,19). The van der Waals surface area contributed by atoms with Crippen molar-refractivity contribution in [1.29, 1.82) is 0 Å². The minimum absolute atomic E-state index is 0.216. The molecule has 0 aromatic heterocycles. The predicted octanol–water partition coefficient (Wildman–Crippen LogP) is 0.745. The van der Waals surface area contributed by atoms with E-state index in [4.69, 9.17) is 10.8 Å². The molecule has 0 bridgehead atoms. The molecule has 4 N–H and O–H groups in total. The van der Waals surface area contributed by atoms with Gasteiger partial charge in [-0.1, -0.05) is 12.1 Å². The lowest BCUT2D eigenvalue weighted by Gasteiger charge is -2.36. The van der Waals surface area contributed by atoms with Crippen LogP contribution in [0.15, 0.2) is 34.2 Å². The fourth-order valence-electron chi connectivity index (χ4n) is 2.58. The number of para-hydroxylation sites is 1. The van der Waals surface area contributed by atoms with E-state index in [1.807, 2.05) is 12.1 Å². The van der Waals surface area contributed by atoms with Crippen LogP contribution >= 0.6 is 11.8 Å². The summed E-state index contributed by atoms with van der Waals surface area (Å²) in [5.41, 5.74) is 6.70. The second kappa shape index (κ2) is 9.77. The number of aliphatic imine (C=N–C) groups is 1. The minimum atomic E-state index is 0.216. The lowest BCUT2D eigenvalue weighted by molar-refractivity contribution is 0.147. The summed E-state index contributed by atoms with van der Waals surface area (Å²) in [6.45, 7) is 5.79. The van der Waals surface area contributed by atoms with E-state index in [0.717, 1.165) is 44.4 Å². The van der Waals surface area contributed by atoms with Gasteiger partial charge in [-0.05, 0) is 18.4 Å². The molecule has 1 aliphatic heterocycles. The summed E-state index contributed by atoms with van der Waals surface area (Å²) in [5, 5.41) is 12.5. The Morgan fingerprint density at radius 1 is 1.30 bits per heavy atom. The topological polar surface area (TPSA) is 77.1 Å². The second-order valence-corrected chi connectivity index (χ2v) is 6.22. The molecular formula is C16H27N5OS. The Labute approximate surface area is 142 Å². The summed E-state index contributed by atoms with van der Waals surface area (Å²) in [5.74, 6) is 0.889. The molecule has 0 unspecified atom stereocenters. The number of thioether (sulfide) groups is 1. The maximum atomic E-state index is 9.05. The number of rotatable bonds is 6. The highest BCUT2D eigenvalue weighted by molar-refractivity contribution is 7.98. The molecule has 0 atom stereocenters.